The molecule has 1 aromatic heterocycles. The van der Waals surface area contributed by atoms with Gasteiger partial charge in [-0.2, -0.15) is 14.8 Å². The number of anilines is 1. The molecular formula is C10H14N6O2S. The highest BCUT2D eigenvalue weighted by molar-refractivity contribution is 7.89. The molecule has 2 N–H and O–H groups in total. The highest BCUT2D eigenvalue weighted by Gasteiger charge is 2.29. The van der Waals surface area contributed by atoms with Crippen molar-refractivity contribution in [2.45, 2.75) is 17.9 Å². The Balaban J connectivity index is 3.13. The van der Waals surface area contributed by atoms with Gasteiger partial charge in [0.2, 0.25) is 0 Å². The Labute approximate surface area is 111 Å². The molecule has 0 aliphatic rings. The van der Waals surface area contributed by atoms with Gasteiger partial charge in [-0.05, 0) is 0 Å². The number of nitriles is 2. The Kier molecular flexibility index (Phi) is 4.87. The summed E-state index contributed by atoms with van der Waals surface area (Å²) in [6, 6.07) is 3.76. The number of sulfonamides is 1. The highest BCUT2D eigenvalue weighted by atomic mass is 32.2. The second kappa shape index (κ2) is 6.18. The van der Waals surface area contributed by atoms with Crippen LogP contribution < -0.4 is 5.73 Å². The van der Waals surface area contributed by atoms with Crippen molar-refractivity contribution in [3.63, 3.8) is 0 Å². The van der Waals surface area contributed by atoms with Crippen LogP contribution in [0, 0.1) is 22.7 Å². The lowest BCUT2D eigenvalue weighted by Crippen LogP contribution is -2.34. The average molecular weight is 282 g/mol. The van der Waals surface area contributed by atoms with Gasteiger partial charge in [-0.25, -0.2) is 13.4 Å². The molecule has 9 heteroatoms. The topological polar surface area (TPSA) is 129 Å². The molecule has 1 rings (SSSR count). The van der Waals surface area contributed by atoms with Crippen LogP contribution in [0.2, 0.25) is 0 Å². The highest BCUT2D eigenvalue weighted by Crippen LogP contribution is 2.20. The van der Waals surface area contributed by atoms with Crippen molar-refractivity contribution in [2.24, 2.45) is 7.05 Å². The summed E-state index contributed by atoms with van der Waals surface area (Å²) in [4.78, 5) is 3.73. The van der Waals surface area contributed by atoms with E-state index in [0.29, 0.717) is 0 Å². The minimum Gasteiger partial charge on any atom is -0.381 e. The van der Waals surface area contributed by atoms with Gasteiger partial charge in [0.05, 0.1) is 18.5 Å². The zero-order chi connectivity index (χ0) is 14.5. The van der Waals surface area contributed by atoms with Crippen LogP contribution in [0.4, 0.5) is 5.82 Å². The molecule has 0 bridgehead atoms. The molecule has 19 heavy (non-hydrogen) atoms. The zero-order valence-corrected chi connectivity index (χ0v) is 11.3. The van der Waals surface area contributed by atoms with Gasteiger partial charge in [-0.15, -0.1) is 0 Å². The Bertz CT molecular complexity index is 584. The fourth-order valence-corrected chi connectivity index (χ4v) is 3.21. The van der Waals surface area contributed by atoms with Crippen LogP contribution in [0.15, 0.2) is 11.4 Å². The fourth-order valence-electron chi connectivity index (χ4n) is 1.58. The van der Waals surface area contributed by atoms with Crippen LogP contribution in [0.5, 0.6) is 0 Å². The molecule has 8 nitrogen and oxygen atoms in total. The molecule has 1 aromatic rings. The Morgan fingerprint density at radius 3 is 2.26 bits per heavy atom. The summed E-state index contributed by atoms with van der Waals surface area (Å²) in [5.41, 5.74) is 5.55. The van der Waals surface area contributed by atoms with Crippen molar-refractivity contribution >= 4 is 15.8 Å². The SMILES string of the molecule is Cn1cnc(N)c1S(=O)(=O)N(CCC#N)CCC#N. The predicted octanol–water partition coefficient (Wildman–Crippen LogP) is -0.180. The van der Waals surface area contributed by atoms with Gasteiger partial charge in [0.15, 0.2) is 10.8 Å². The fraction of sp³-hybridized carbons (Fsp3) is 0.500. The molecule has 102 valence electrons. The minimum atomic E-state index is -3.86. The van der Waals surface area contributed by atoms with Crippen LogP contribution in [0.3, 0.4) is 0 Å². The number of imidazole rings is 1. The lowest BCUT2D eigenvalue weighted by atomic mass is 10.4. The van der Waals surface area contributed by atoms with E-state index in [2.05, 4.69) is 4.98 Å². The van der Waals surface area contributed by atoms with E-state index >= 15 is 0 Å². The normalized spacial score (nSPS) is 11.2. The number of nitrogens with two attached hydrogens (primary N) is 1. The number of aryl methyl sites for hydroxylation is 1. The summed E-state index contributed by atoms with van der Waals surface area (Å²) >= 11 is 0. The van der Waals surface area contributed by atoms with E-state index in [1.54, 1.807) is 0 Å². The zero-order valence-electron chi connectivity index (χ0n) is 10.4. The number of hydrogen-bond donors (Lipinski definition) is 1. The molecule has 1 heterocycles. The van der Waals surface area contributed by atoms with E-state index in [1.165, 1.54) is 17.9 Å². The number of aromatic nitrogens is 2. The maximum absolute atomic E-state index is 12.4. The van der Waals surface area contributed by atoms with Gasteiger partial charge in [0, 0.05) is 33.0 Å². The standard InChI is InChI=1S/C10H14N6O2S/c1-15-8-14-9(13)10(15)19(17,18)16(6-2-4-11)7-3-5-12/h8H,2-3,6-7,13H2,1H3. The molecule has 0 saturated carbocycles. The molecule has 0 atom stereocenters. The van der Waals surface area contributed by atoms with Gasteiger partial charge in [-0.3, -0.25) is 0 Å². The third-order valence-electron chi connectivity index (χ3n) is 2.44. The summed E-state index contributed by atoms with van der Waals surface area (Å²) in [7, 11) is -2.34. The van der Waals surface area contributed by atoms with Gasteiger partial charge >= 0.3 is 0 Å². The van der Waals surface area contributed by atoms with E-state index < -0.39 is 10.0 Å². The van der Waals surface area contributed by atoms with Crippen molar-refractivity contribution in [3.8, 4) is 12.1 Å². The molecule has 0 saturated heterocycles. The number of hydrogen-bond acceptors (Lipinski definition) is 6. The summed E-state index contributed by atoms with van der Waals surface area (Å²) in [6.07, 6.45) is 1.39. The van der Waals surface area contributed by atoms with Crippen LogP contribution in [-0.4, -0.2) is 35.4 Å². The van der Waals surface area contributed by atoms with Crippen LogP contribution >= 0.6 is 0 Å². The van der Waals surface area contributed by atoms with Gasteiger partial charge < -0.3 is 10.3 Å². The molecule has 0 aromatic carbocycles. The number of nitrogens with zero attached hydrogens (tertiary/aromatic N) is 5. The van der Waals surface area contributed by atoms with Crippen molar-refractivity contribution in [1.29, 1.82) is 10.5 Å². The van der Waals surface area contributed by atoms with E-state index in [1.807, 2.05) is 12.1 Å². The summed E-state index contributed by atoms with van der Waals surface area (Å²) in [6.45, 7) is 0.0380. The molecular weight excluding hydrogens is 268 g/mol. The first-order valence-electron chi connectivity index (χ1n) is 5.46. The molecule has 0 spiro atoms. The predicted molar refractivity (Wildman–Crippen MR) is 66.8 cm³/mol. The molecule has 0 radical (unpaired) electrons. The van der Waals surface area contributed by atoms with Crippen LogP contribution in [0.25, 0.3) is 0 Å². The third-order valence-corrected chi connectivity index (χ3v) is 4.47. The quantitative estimate of drug-likeness (QED) is 0.770. The number of rotatable bonds is 6. The monoisotopic (exact) mass is 282 g/mol. The van der Waals surface area contributed by atoms with E-state index in [-0.39, 0.29) is 36.8 Å². The smallest absolute Gasteiger partial charge is 0.262 e. The van der Waals surface area contributed by atoms with Gasteiger partial charge in [0.25, 0.3) is 10.0 Å². The molecule has 0 aliphatic carbocycles. The largest absolute Gasteiger partial charge is 0.381 e. The number of nitrogen functional groups attached to an aromatic ring is 1. The van der Waals surface area contributed by atoms with Crippen molar-refractivity contribution in [2.75, 3.05) is 18.8 Å². The summed E-state index contributed by atoms with van der Waals surface area (Å²) in [5, 5.41) is 17.0. The lowest BCUT2D eigenvalue weighted by molar-refractivity contribution is 0.420. The third kappa shape index (κ3) is 3.22. The lowest BCUT2D eigenvalue weighted by Gasteiger charge is -2.20. The Hall–Kier alpha value is -2.10. The van der Waals surface area contributed by atoms with Crippen molar-refractivity contribution in [3.05, 3.63) is 6.33 Å². The van der Waals surface area contributed by atoms with Crippen LogP contribution in [-0.2, 0) is 17.1 Å². The Morgan fingerprint density at radius 2 is 1.89 bits per heavy atom. The maximum atomic E-state index is 12.4. The average Bonchev–Trinajstić information content (AvgIpc) is 2.69. The maximum Gasteiger partial charge on any atom is 0.262 e. The molecule has 0 fully saturated rings. The Morgan fingerprint density at radius 1 is 1.37 bits per heavy atom. The van der Waals surface area contributed by atoms with Crippen molar-refractivity contribution < 1.29 is 8.42 Å². The first kappa shape index (κ1) is 15.0. The van der Waals surface area contributed by atoms with E-state index in [9.17, 15) is 8.42 Å². The first-order chi connectivity index (χ1) is 8.95. The second-order valence-corrected chi connectivity index (χ2v) is 5.62. The first-order valence-corrected chi connectivity index (χ1v) is 6.90. The molecule has 0 amide bonds. The second-order valence-electron chi connectivity index (χ2n) is 3.77. The van der Waals surface area contributed by atoms with Crippen LogP contribution in [0.1, 0.15) is 12.8 Å². The summed E-state index contributed by atoms with van der Waals surface area (Å²) in [5.74, 6) is -0.0959. The molecule has 0 unspecified atom stereocenters. The summed E-state index contributed by atoms with van der Waals surface area (Å²) < 4.78 is 27.2. The van der Waals surface area contributed by atoms with Gasteiger partial charge in [-0.1, -0.05) is 0 Å². The van der Waals surface area contributed by atoms with E-state index in [0.717, 1.165) is 4.31 Å². The van der Waals surface area contributed by atoms with Crippen molar-refractivity contribution in [1.82, 2.24) is 13.9 Å². The molecule has 0 aliphatic heterocycles. The van der Waals surface area contributed by atoms with E-state index in [4.69, 9.17) is 16.3 Å². The minimum absolute atomic E-state index is 0.0190. The van der Waals surface area contributed by atoms with Gasteiger partial charge in [0.1, 0.15) is 0 Å².